The van der Waals surface area contributed by atoms with Crippen molar-refractivity contribution < 1.29 is 0 Å². The Morgan fingerprint density at radius 2 is 1.67 bits per heavy atom. The van der Waals surface area contributed by atoms with E-state index in [0.717, 1.165) is 33.8 Å². The van der Waals surface area contributed by atoms with Crippen LogP contribution >= 0.6 is 0 Å². The first-order valence-corrected chi connectivity index (χ1v) is 8.65. The standard InChI is InChI=1S/C22H17N5/c1-16-5-10-21(25-24-16)19-3-2-4-20(13-19)22-11-12-27(26-22)15-18-8-6-17(14-23)7-9-18/h2-13H,15H2,1H3. The van der Waals surface area contributed by atoms with Crippen molar-refractivity contribution in [1.29, 1.82) is 5.26 Å². The zero-order chi connectivity index (χ0) is 18.6. The van der Waals surface area contributed by atoms with Crippen molar-refractivity contribution in [1.82, 2.24) is 20.0 Å². The van der Waals surface area contributed by atoms with Crippen LogP contribution in [0.1, 0.15) is 16.8 Å². The number of nitrogens with zero attached hydrogens (tertiary/aromatic N) is 5. The minimum atomic E-state index is 0.662. The van der Waals surface area contributed by atoms with Gasteiger partial charge in [-0.2, -0.15) is 20.6 Å². The maximum Gasteiger partial charge on any atom is 0.0991 e. The molecule has 4 aromatic rings. The molecular weight excluding hydrogens is 334 g/mol. The van der Waals surface area contributed by atoms with Crippen LogP contribution in [-0.2, 0) is 6.54 Å². The number of aromatic nitrogens is 4. The fraction of sp³-hybridized carbons (Fsp3) is 0.0909. The van der Waals surface area contributed by atoms with E-state index in [1.807, 2.05) is 78.5 Å². The van der Waals surface area contributed by atoms with Crippen LogP contribution in [0, 0.1) is 18.3 Å². The van der Waals surface area contributed by atoms with Gasteiger partial charge >= 0.3 is 0 Å². The number of benzene rings is 2. The molecule has 0 amide bonds. The number of hydrogen-bond donors (Lipinski definition) is 0. The number of hydrogen-bond acceptors (Lipinski definition) is 4. The Labute approximate surface area is 157 Å². The summed E-state index contributed by atoms with van der Waals surface area (Å²) in [5.74, 6) is 0. The predicted octanol–water partition coefficient (Wildman–Crippen LogP) is 4.24. The van der Waals surface area contributed by atoms with Gasteiger partial charge in [-0.15, -0.1) is 0 Å². The first kappa shape index (κ1) is 16.7. The molecule has 4 rings (SSSR count). The van der Waals surface area contributed by atoms with Crippen LogP contribution in [-0.4, -0.2) is 20.0 Å². The van der Waals surface area contributed by atoms with Gasteiger partial charge in [0, 0.05) is 17.3 Å². The second-order valence-corrected chi connectivity index (χ2v) is 6.35. The summed E-state index contributed by atoms with van der Waals surface area (Å²) < 4.78 is 1.90. The molecule has 0 saturated carbocycles. The van der Waals surface area contributed by atoms with Gasteiger partial charge in [0.05, 0.1) is 35.3 Å². The SMILES string of the molecule is Cc1ccc(-c2cccc(-c3ccn(Cc4ccc(C#N)cc4)n3)c2)nn1. The lowest BCUT2D eigenvalue weighted by Gasteiger charge is -2.04. The second-order valence-electron chi connectivity index (χ2n) is 6.35. The van der Waals surface area contributed by atoms with E-state index in [9.17, 15) is 0 Å². The van der Waals surface area contributed by atoms with E-state index in [2.05, 4.69) is 27.4 Å². The van der Waals surface area contributed by atoms with E-state index in [1.54, 1.807) is 0 Å². The van der Waals surface area contributed by atoms with Gasteiger partial charge in [-0.25, -0.2) is 0 Å². The molecule has 0 radical (unpaired) electrons. The monoisotopic (exact) mass is 351 g/mol. The van der Waals surface area contributed by atoms with Crippen molar-refractivity contribution in [3.05, 3.63) is 89.7 Å². The molecule has 5 heteroatoms. The van der Waals surface area contributed by atoms with Crippen LogP contribution in [0.2, 0.25) is 0 Å². The van der Waals surface area contributed by atoms with Crippen molar-refractivity contribution in [3.8, 4) is 28.6 Å². The number of rotatable bonds is 4. The molecule has 0 aliphatic heterocycles. The summed E-state index contributed by atoms with van der Waals surface area (Å²) in [4.78, 5) is 0. The molecule has 0 unspecified atom stereocenters. The largest absolute Gasteiger partial charge is 0.268 e. The highest BCUT2D eigenvalue weighted by molar-refractivity contribution is 5.69. The Bertz CT molecular complexity index is 1100. The molecule has 5 nitrogen and oxygen atoms in total. The summed E-state index contributed by atoms with van der Waals surface area (Å²) in [6, 6.07) is 23.8. The zero-order valence-corrected chi connectivity index (χ0v) is 14.9. The van der Waals surface area contributed by atoms with E-state index in [0.29, 0.717) is 12.1 Å². The van der Waals surface area contributed by atoms with Crippen molar-refractivity contribution in [2.24, 2.45) is 0 Å². The van der Waals surface area contributed by atoms with Crippen LogP contribution in [0.5, 0.6) is 0 Å². The first-order chi connectivity index (χ1) is 13.2. The molecule has 0 bridgehead atoms. The molecule has 0 atom stereocenters. The molecule has 130 valence electrons. The molecule has 0 spiro atoms. The Balaban J connectivity index is 1.56. The molecule has 0 fully saturated rings. The fourth-order valence-corrected chi connectivity index (χ4v) is 2.87. The Hall–Kier alpha value is -3.78. The van der Waals surface area contributed by atoms with Crippen molar-refractivity contribution >= 4 is 0 Å². The predicted molar refractivity (Wildman–Crippen MR) is 104 cm³/mol. The summed E-state index contributed by atoms with van der Waals surface area (Å²) >= 11 is 0. The van der Waals surface area contributed by atoms with Crippen molar-refractivity contribution in [3.63, 3.8) is 0 Å². The van der Waals surface area contributed by atoms with Gasteiger partial charge in [-0.1, -0.05) is 30.3 Å². The lowest BCUT2D eigenvalue weighted by Crippen LogP contribution is -2.00. The maximum absolute atomic E-state index is 8.89. The Morgan fingerprint density at radius 1 is 0.889 bits per heavy atom. The molecule has 2 heterocycles. The van der Waals surface area contributed by atoms with Crippen molar-refractivity contribution in [2.45, 2.75) is 13.5 Å². The highest BCUT2D eigenvalue weighted by Gasteiger charge is 2.06. The van der Waals surface area contributed by atoms with E-state index >= 15 is 0 Å². The summed E-state index contributed by atoms with van der Waals surface area (Å²) in [5.41, 5.74) is 6.47. The topological polar surface area (TPSA) is 67.4 Å². The number of aryl methyl sites for hydroxylation is 1. The third kappa shape index (κ3) is 3.75. The Morgan fingerprint density at radius 3 is 2.37 bits per heavy atom. The fourth-order valence-electron chi connectivity index (χ4n) is 2.87. The molecule has 0 aliphatic carbocycles. The van der Waals surface area contributed by atoms with Gasteiger partial charge in [0.25, 0.3) is 0 Å². The van der Waals surface area contributed by atoms with Crippen LogP contribution in [0.15, 0.2) is 72.9 Å². The minimum Gasteiger partial charge on any atom is -0.268 e. The molecule has 0 saturated heterocycles. The van der Waals surface area contributed by atoms with Gasteiger partial charge in [0.15, 0.2) is 0 Å². The van der Waals surface area contributed by atoms with Gasteiger partial charge in [0.2, 0.25) is 0 Å². The number of nitriles is 1. The third-order valence-corrected chi connectivity index (χ3v) is 4.32. The van der Waals surface area contributed by atoms with Gasteiger partial charge in [0.1, 0.15) is 0 Å². The van der Waals surface area contributed by atoms with Gasteiger partial charge in [-0.05, 0) is 48.9 Å². The van der Waals surface area contributed by atoms with Crippen LogP contribution in [0.25, 0.3) is 22.5 Å². The van der Waals surface area contributed by atoms with Crippen LogP contribution in [0.4, 0.5) is 0 Å². The van der Waals surface area contributed by atoms with Crippen molar-refractivity contribution in [2.75, 3.05) is 0 Å². The van der Waals surface area contributed by atoms with E-state index < -0.39 is 0 Å². The summed E-state index contributed by atoms with van der Waals surface area (Å²) in [6.07, 6.45) is 1.96. The van der Waals surface area contributed by atoms with Gasteiger partial charge < -0.3 is 0 Å². The first-order valence-electron chi connectivity index (χ1n) is 8.65. The zero-order valence-electron chi connectivity index (χ0n) is 14.9. The smallest absolute Gasteiger partial charge is 0.0991 e. The summed E-state index contributed by atoms with van der Waals surface area (Å²) in [5, 5.41) is 22.0. The lowest BCUT2D eigenvalue weighted by molar-refractivity contribution is 0.689. The van der Waals surface area contributed by atoms with Crippen LogP contribution < -0.4 is 0 Å². The molecule has 0 aliphatic rings. The maximum atomic E-state index is 8.89. The third-order valence-electron chi connectivity index (χ3n) is 4.32. The van der Waals surface area contributed by atoms with E-state index in [-0.39, 0.29) is 0 Å². The van der Waals surface area contributed by atoms with E-state index in [4.69, 9.17) is 5.26 Å². The van der Waals surface area contributed by atoms with E-state index in [1.165, 1.54) is 0 Å². The highest BCUT2D eigenvalue weighted by atomic mass is 15.3. The molecular formula is C22H17N5. The summed E-state index contributed by atoms with van der Waals surface area (Å²) in [6.45, 7) is 2.59. The molecule has 2 aromatic carbocycles. The average Bonchev–Trinajstić information content (AvgIpc) is 3.18. The Kier molecular flexibility index (Phi) is 4.46. The summed E-state index contributed by atoms with van der Waals surface area (Å²) in [7, 11) is 0. The highest BCUT2D eigenvalue weighted by Crippen LogP contribution is 2.24. The minimum absolute atomic E-state index is 0.662. The van der Waals surface area contributed by atoms with Gasteiger partial charge in [-0.3, -0.25) is 4.68 Å². The second kappa shape index (κ2) is 7.22. The molecule has 2 aromatic heterocycles. The van der Waals surface area contributed by atoms with Crippen LogP contribution in [0.3, 0.4) is 0 Å². The normalized spacial score (nSPS) is 10.5. The molecule has 0 N–H and O–H groups in total. The average molecular weight is 351 g/mol. The lowest BCUT2D eigenvalue weighted by atomic mass is 10.1. The quantitative estimate of drug-likeness (QED) is 0.552. The molecule has 27 heavy (non-hydrogen) atoms.